The van der Waals surface area contributed by atoms with Gasteiger partial charge in [0.25, 0.3) is 0 Å². The van der Waals surface area contributed by atoms with E-state index in [1.165, 1.54) is 0 Å². The first-order chi connectivity index (χ1) is 9.56. The van der Waals surface area contributed by atoms with Crippen LogP contribution in [0.2, 0.25) is 5.02 Å². The highest BCUT2D eigenvalue weighted by atomic mass is 35.5. The number of aromatic nitrogens is 3. The van der Waals surface area contributed by atoms with Gasteiger partial charge in [0, 0.05) is 17.8 Å². The van der Waals surface area contributed by atoms with Gasteiger partial charge in [0.05, 0.1) is 16.4 Å². The molecule has 0 spiro atoms. The molecular weight excluding hydrogens is 272 g/mol. The largest absolute Gasteiger partial charge is 0.310 e. The van der Waals surface area contributed by atoms with Gasteiger partial charge in [0.1, 0.15) is 0 Å². The van der Waals surface area contributed by atoms with E-state index in [4.69, 9.17) is 11.6 Å². The van der Waals surface area contributed by atoms with Gasteiger partial charge < -0.3 is 5.32 Å². The Morgan fingerprint density at radius 1 is 1.40 bits per heavy atom. The van der Waals surface area contributed by atoms with Crippen LogP contribution in [-0.2, 0) is 0 Å². The minimum absolute atomic E-state index is 0.223. The van der Waals surface area contributed by atoms with Crippen LogP contribution in [0.15, 0.2) is 18.3 Å². The summed E-state index contributed by atoms with van der Waals surface area (Å²) in [4.78, 5) is 4.50. The second-order valence-electron chi connectivity index (χ2n) is 4.99. The minimum Gasteiger partial charge on any atom is -0.310 e. The molecule has 0 aliphatic carbocycles. The van der Waals surface area contributed by atoms with Crippen LogP contribution in [0.4, 0.5) is 0 Å². The molecule has 0 saturated heterocycles. The minimum atomic E-state index is 0.223. The molecule has 0 saturated carbocycles. The molecule has 2 heterocycles. The van der Waals surface area contributed by atoms with Gasteiger partial charge in [0.2, 0.25) is 0 Å². The lowest BCUT2D eigenvalue weighted by atomic mass is 10.1. The average Bonchev–Trinajstić information content (AvgIpc) is 2.72. The molecule has 108 valence electrons. The lowest BCUT2D eigenvalue weighted by Crippen LogP contribution is -2.21. The number of hydrogen-bond acceptors (Lipinski definition) is 3. The Kier molecular flexibility index (Phi) is 4.78. The van der Waals surface area contributed by atoms with Crippen LogP contribution in [0.25, 0.3) is 5.82 Å². The molecule has 1 N–H and O–H groups in total. The Labute approximate surface area is 125 Å². The Morgan fingerprint density at radius 3 is 2.75 bits per heavy atom. The molecule has 1 atom stereocenters. The first-order valence-corrected chi connectivity index (χ1v) is 7.34. The van der Waals surface area contributed by atoms with Crippen LogP contribution in [0.1, 0.15) is 43.3 Å². The zero-order chi connectivity index (χ0) is 14.7. The maximum absolute atomic E-state index is 6.24. The van der Waals surface area contributed by atoms with Gasteiger partial charge in [-0.05, 0) is 39.8 Å². The highest BCUT2D eigenvalue weighted by Crippen LogP contribution is 2.25. The number of nitrogens with one attached hydrogen (secondary N) is 1. The van der Waals surface area contributed by atoms with E-state index in [0.29, 0.717) is 5.02 Å². The van der Waals surface area contributed by atoms with Crippen molar-refractivity contribution in [1.82, 2.24) is 20.1 Å². The highest BCUT2D eigenvalue weighted by molar-refractivity contribution is 6.31. The number of nitrogens with zero attached hydrogens (tertiary/aromatic N) is 3. The van der Waals surface area contributed by atoms with E-state index in [0.717, 1.165) is 35.7 Å². The topological polar surface area (TPSA) is 42.7 Å². The third kappa shape index (κ3) is 2.86. The number of hydrogen-bond donors (Lipinski definition) is 1. The molecular formula is C15H21ClN4. The SMILES string of the molecule is CCCNC(C)c1cccnc1-n1nc(C)c(Cl)c1C. The molecule has 20 heavy (non-hydrogen) atoms. The standard InChI is InChI=1S/C15H21ClN4/c1-5-8-17-10(2)13-7-6-9-18-15(13)20-12(4)14(16)11(3)19-20/h6-7,9-10,17H,5,8H2,1-4H3. The Hall–Kier alpha value is -1.39. The molecule has 0 aliphatic rings. The van der Waals surface area contributed by atoms with Crippen LogP contribution in [-0.4, -0.2) is 21.3 Å². The molecule has 2 rings (SSSR count). The molecule has 0 amide bonds. The number of aryl methyl sites for hydroxylation is 1. The van der Waals surface area contributed by atoms with Crippen LogP contribution < -0.4 is 5.32 Å². The van der Waals surface area contributed by atoms with Crippen molar-refractivity contribution in [3.63, 3.8) is 0 Å². The molecule has 0 aromatic carbocycles. The van der Waals surface area contributed by atoms with Gasteiger partial charge in [-0.15, -0.1) is 0 Å². The molecule has 5 heteroatoms. The molecule has 4 nitrogen and oxygen atoms in total. The second kappa shape index (κ2) is 6.37. The Bertz CT molecular complexity index is 592. The second-order valence-corrected chi connectivity index (χ2v) is 5.37. The van der Waals surface area contributed by atoms with Crippen molar-refractivity contribution in [2.75, 3.05) is 6.54 Å². The number of halogens is 1. The predicted octanol–water partition coefficient (Wildman–Crippen LogP) is 3.60. The summed E-state index contributed by atoms with van der Waals surface area (Å²) >= 11 is 6.24. The van der Waals surface area contributed by atoms with E-state index in [9.17, 15) is 0 Å². The molecule has 0 bridgehead atoms. The summed E-state index contributed by atoms with van der Waals surface area (Å²) in [7, 11) is 0. The summed E-state index contributed by atoms with van der Waals surface area (Å²) < 4.78 is 1.83. The van der Waals surface area contributed by atoms with Gasteiger partial charge in [-0.3, -0.25) is 0 Å². The van der Waals surface area contributed by atoms with Crippen molar-refractivity contribution < 1.29 is 0 Å². The van der Waals surface area contributed by atoms with Crippen LogP contribution >= 0.6 is 11.6 Å². The molecule has 0 radical (unpaired) electrons. The fraction of sp³-hybridized carbons (Fsp3) is 0.467. The normalized spacial score (nSPS) is 12.7. The van der Waals surface area contributed by atoms with Gasteiger partial charge in [-0.1, -0.05) is 24.6 Å². The molecule has 2 aromatic heterocycles. The van der Waals surface area contributed by atoms with E-state index >= 15 is 0 Å². The lowest BCUT2D eigenvalue weighted by Gasteiger charge is -2.17. The third-order valence-corrected chi connectivity index (χ3v) is 3.93. The van der Waals surface area contributed by atoms with Gasteiger partial charge in [0.15, 0.2) is 5.82 Å². The summed E-state index contributed by atoms with van der Waals surface area (Å²) in [6.07, 6.45) is 2.89. The summed E-state index contributed by atoms with van der Waals surface area (Å²) in [5.41, 5.74) is 2.88. The van der Waals surface area contributed by atoms with Crippen molar-refractivity contribution in [1.29, 1.82) is 0 Å². The van der Waals surface area contributed by atoms with E-state index in [1.54, 1.807) is 6.20 Å². The highest BCUT2D eigenvalue weighted by Gasteiger charge is 2.17. The maximum Gasteiger partial charge on any atom is 0.158 e. The lowest BCUT2D eigenvalue weighted by molar-refractivity contribution is 0.564. The number of rotatable bonds is 5. The van der Waals surface area contributed by atoms with E-state index < -0.39 is 0 Å². The van der Waals surface area contributed by atoms with E-state index in [-0.39, 0.29) is 6.04 Å². The zero-order valence-corrected chi connectivity index (χ0v) is 13.2. The third-order valence-electron chi connectivity index (χ3n) is 3.39. The van der Waals surface area contributed by atoms with E-state index in [1.807, 2.05) is 24.6 Å². The van der Waals surface area contributed by atoms with E-state index in [2.05, 4.69) is 35.3 Å². The van der Waals surface area contributed by atoms with Gasteiger partial charge in [-0.25, -0.2) is 9.67 Å². The summed E-state index contributed by atoms with van der Waals surface area (Å²) in [5, 5.41) is 8.69. The first kappa shape index (κ1) is 15.0. The summed E-state index contributed by atoms with van der Waals surface area (Å²) in [6, 6.07) is 4.26. The van der Waals surface area contributed by atoms with Gasteiger partial charge in [-0.2, -0.15) is 5.10 Å². The average molecular weight is 293 g/mol. The monoisotopic (exact) mass is 292 g/mol. The van der Waals surface area contributed by atoms with Crippen molar-refractivity contribution in [3.05, 3.63) is 40.3 Å². The number of pyridine rings is 1. The zero-order valence-electron chi connectivity index (χ0n) is 12.4. The first-order valence-electron chi connectivity index (χ1n) is 6.96. The van der Waals surface area contributed by atoms with Crippen molar-refractivity contribution in [2.45, 2.75) is 40.2 Å². The van der Waals surface area contributed by atoms with Crippen molar-refractivity contribution in [3.8, 4) is 5.82 Å². The molecule has 2 aromatic rings. The molecule has 0 fully saturated rings. The molecule has 0 aliphatic heterocycles. The van der Waals surface area contributed by atoms with Crippen LogP contribution in [0.3, 0.4) is 0 Å². The Morgan fingerprint density at radius 2 is 2.15 bits per heavy atom. The molecule has 1 unspecified atom stereocenters. The van der Waals surface area contributed by atoms with Crippen LogP contribution in [0, 0.1) is 13.8 Å². The maximum atomic E-state index is 6.24. The van der Waals surface area contributed by atoms with Gasteiger partial charge >= 0.3 is 0 Å². The van der Waals surface area contributed by atoms with Crippen molar-refractivity contribution in [2.24, 2.45) is 0 Å². The van der Waals surface area contributed by atoms with Crippen LogP contribution in [0.5, 0.6) is 0 Å². The summed E-state index contributed by atoms with van der Waals surface area (Å²) in [6.45, 7) is 9.15. The Balaban J connectivity index is 2.44. The predicted molar refractivity (Wildman–Crippen MR) is 82.6 cm³/mol. The van der Waals surface area contributed by atoms with Crippen molar-refractivity contribution >= 4 is 11.6 Å². The smallest absolute Gasteiger partial charge is 0.158 e. The summed E-state index contributed by atoms with van der Waals surface area (Å²) in [5.74, 6) is 0.844. The fourth-order valence-corrected chi connectivity index (χ4v) is 2.34. The fourth-order valence-electron chi connectivity index (χ4n) is 2.23. The quantitative estimate of drug-likeness (QED) is 0.915.